The van der Waals surface area contributed by atoms with Crippen molar-refractivity contribution in [3.8, 4) is 0 Å². The first-order valence-electron chi connectivity index (χ1n) is 12.0. The molecule has 2 saturated heterocycles. The molecule has 1 spiro atoms. The summed E-state index contributed by atoms with van der Waals surface area (Å²) in [4.78, 5) is 12.7. The molecule has 2 aliphatic heterocycles. The summed E-state index contributed by atoms with van der Waals surface area (Å²) in [6.45, 7) is 18.1. The minimum Gasteiger partial charge on any atom is -0.446 e. The Morgan fingerprint density at radius 1 is 1.26 bits per heavy atom. The SMILES string of the molecule is CC(C)=CC[C@H]1O[C@]1(C)[C@H]1[C@H](C)[C@H](OC(=O)N[C@@H](COC(C)C)C(C)C)CC[C@]12CO2. The van der Waals surface area contributed by atoms with Crippen LogP contribution in [0.1, 0.15) is 74.7 Å². The van der Waals surface area contributed by atoms with Gasteiger partial charge >= 0.3 is 6.09 Å². The molecule has 31 heavy (non-hydrogen) atoms. The van der Waals surface area contributed by atoms with Gasteiger partial charge in [0.15, 0.2) is 0 Å². The van der Waals surface area contributed by atoms with Crippen LogP contribution in [-0.2, 0) is 18.9 Å². The third kappa shape index (κ3) is 5.63. The molecule has 1 amide bonds. The largest absolute Gasteiger partial charge is 0.446 e. The van der Waals surface area contributed by atoms with E-state index in [1.807, 2.05) is 13.8 Å². The molecule has 1 aliphatic carbocycles. The summed E-state index contributed by atoms with van der Waals surface area (Å²) in [5, 5.41) is 3.03. The summed E-state index contributed by atoms with van der Waals surface area (Å²) in [6, 6.07) is -0.0690. The highest BCUT2D eigenvalue weighted by Gasteiger charge is 2.70. The van der Waals surface area contributed by atoms with Crippen molar-refractivity contribution in [2.75, 3.05) is 13.2 Å². The molecule has 0 unspecified atom stereocenters. The summed E-state index contributed by atoms with van der Waals surface area (Å²) < 4.78 is 23.9. The van der Waals surface area contributed by atoms with Gasteiger partial charge in [0.25, 0.3) is 0 Å². The second-order valence-corrected chi connectivity index (χ2v) is 10.9. The number of allylic oxidation sites excluding steroid dienone is 1. The van der Waals surface area contributed by atoms with E-state index >= 15 is 0 Å². The van der Waals surface area contributed by atoms with Crippen molar-refractivity contribution in [1.29, 1.82) is 0 Å². The highest BCUT2D eigenvalue weighted by atomic mass is 16.6. The van der Waals surface area contributed by atoms with Crippen LogP contribution in [0.3, 0.4) is 0 Å². The molecule has 6 nitrogen and oxygen atoms in total. The van der Waals surface area contributed by atoms with Gasteiger partial charge in [-0.05, 0) is 59.8 Å². The lowest BCUT2D eigenvalue weighted by Crippen LogP contribution is -2.52. The Morgan fingerprint density at radius 3 is 2.48 bits per heavy atom. The Morgan fingerprint density at radius 2 is 1.94 bits per heavy atom. The van der Waals surface area contributed by atoms with E-state index in [0.29, 0.717) is 6.61 Å². The quantitative estimate of drug-likeness (QED) is 0.412. The predicted molar refractivity (Wildman–Crippen MR) is 121 cm³/mol. The fourth-order valence-electron chi connectivity index (χ4n) is 5.32. The van der Waals surface area contributed by atoms with Crippen LogP contribution in [0.25, 0.3) is 0 Å². The molecule has 3 rings (SSSR count). The number of ether oxygens (including phenoxy) is 4. The van der Waals surface area contributed by atoms with Crippen molar-refractivity contribution >= 4 is 6.09 Å². The van der Waals surface area contributed by atoms with Crippen molar-refractivity contribution in [2.45, 2.75) is 110 Å². The van der Waals surface area contributed by atoms with Gasteiger partial charge in [-0.25, -0.2) is 4.79 Å². The zero-order valence-corrected chi connectivity index (χ0v) is 20.7. The molecule has 178 valence electrons. The number of carbonyl (C=O) groups is 1. The van der Waals surface area contributed by atoms with Crippen molar-refractivity contribution in [2.24, 2.45) is 17.8 Å². The average Bonchev–Trinajstić information content (AvgIpc) is 3.57. The molecule has 0 bridgehead atoms. The number of epoxide rings is 2. The van der Waals surface area contributed by atoms with E-state index in [1.165, 1.54) is 5.57 Å². The van der Waals surface area contributed by atoms with Gasteiger partial charge in [-0.1, -0.05) is 32.4 Å². The molecule has 1 N–H and O–H groups in total. The van der Waals surface area contributed by atoms with E-state index in [4.69, 9.17) is 18.9 Å². The fourth-order valence-corrected chi connectivity index (χ4v) is 5.32. The molecule has 7 atom stereocenters. The number of amides is 1. The highest BCUT2D eigenvalue weighted by Crippen LogP contribution is 2.60. The Bertz CT molecular complexity index is 667. The van der Waals surface area contributed by atoms with E-state index in [-0.39, 0.29) is 59.4 Å². The standard InChI is InChI=1S/C25H43NO5/c1-15(2)9-10-21-24(8,31-21)22-18(7)20(11-12-25(22)14-29-25)30-23(27)26-19(16(3)4)13-28-17(5)6/h9,16-22H,10-14H2,1-8H3,(H,26,27)/t18-,19+,20-,21-,22-,24+,25+/m1/s1. The van der Waals surface area contributed by atoms with Crippen LogP contribution in [0.2, 0.25) is 0 Å². The topological polar surface area (TPSA) is 72.6 Å². The third-order valence-corrected chi connectivity index (χ3v) is 7.36. The second kappa shape index (κ2) is 9.40. The van der Waals surface area contributed by atoms with Gasteiger partial charge in [-0.3, -0.25) is 0 Å². The molecule has 3 fully saturated rings. The van der Waals surface area contributed by atoms with Gasteiger partial charge in [0.05, 0.1) is 42.7 Å². The van der Waals surface area contributed by atoms with Crippen molar-refractivity contribution in [3.05, 3.63) is 11.6 Å². The number of nitrogens with one attached hydrogen (secondary N) is 1. The van der Waals surface area contributed by atoms with Gasteiger partial charge in [0.1, 0.15) is 6.10 Å². The lowest BCUT2D eigenvalue weighted by molar-refractivity contribution is -0.0443. The van der Waals surface area contributed by atoms with E-state index in [1.54, 1.807) is 0 Å². The van der Waals surface area contributed by atoms with Crippen LogP contribution in [0.4, 0.5) is 4.79 Å². The van der Waals surface area contributed by atoms with Gasteiger partial charge in [0, 0.05) is 11.8 Å². The molecular weight excluding hydrogens is 394 g/mol. The summed E-state index contributed by atoms with van der Waals surface area (Å²) >= 11 is 0. The second-order valence-electron chi connectivity index (χ2n) is 10.9. The number of alkyl carbamates (subject to hydrolysis) is 1. The number of hydrogen-bond acceptors (Lipinski definition) is 5. The minimum atomic E-state index is -0.350. The lowest BCUT2D eigenvalue weighted by atomic mass is 9.64. The number of carbonyl (C=O) groups excluding carboxylic acids is 1. The van der Waals surface area contributed by atoms with Gasteiger partial charge in [-0.2, -0.15) is 0 Å². The Labute approximate surface area is 188 Å². The Balaban J connectivity index is 1.61. The van der Waals surface area contributed by atoms with E-state index in [2.05, 4.69) is 52.9 Å². The minimum absolute atomic E-state index is 0.0690. The first-order valence-corrected chi connectivity index (χ1v) is 12.0. The maximum Gasteiger partial charge on any atom is 0.407 e. The number of hydrogen-bond donors (Lipinski definition) is 1. The smallest absolute Gasteiger partial charge is 0.407 e. The molecule has 0 aromatic rings. The van der Waals surface area contributed by atoms with Crippen LogP contribution in [-0.4, -0.2) is 54.9 Å². The van der Waals surface area contributed by atoms with Gasteiger partial charge < -0.3 is 24.3 Å². The Hall–Kier alpha value is -1.11. The fraction of sp³-hybridized carbons (Fsp3) is 0.880. The van der Waals surface area contributed by atoms with E-state index in [9.17, 15) is 4.79 Å². The van der Waals surface area contributed by atoms with Crippen molar-refractivity contribution < 1.29 is 23.7 Å². The molecule has 0 aromatic carbocycles. The average molecular weight is 438 g/mol. The third-order valence-electron chi connectivity index (χ3n) is 7.36. The first kappa shape index (κ1) is 24.5. The summed E-state index contributed by atoms with van der Waals surface area (Å²) in [7, 11) is 0. The zero-order valence-electron chi connectivity index (χ0n) is 20.7. The normalized spacial score (nSPS) is 37.6. The first-order chi connectivity index (χ1) is 14.5. The van der Waals surface area contributed by atoms with Crippen LogP contribution >= 0.6 is 0 Å². The summed E-state index contributed by atoms with van der Waals surface area (Å²) in [6.07, 6.45) is 4.77. The van der Waals surface area contributed by atoms with Gasteiger partial charge in [0.2, 0.25) is 0 Å². The number of rotatable bonds is 9. The summed E-state index contributed by atoms with van der Waals surface area (Å²) in [5.74, 6) is 0.668. The van der Waals surface area contributed by atoms with Crippen molar-refractivity contribution in [3.63, 3.8) is 0 Å². The predicted octanol–water partition coefficient (Wildman–Crippen LogP) is 4.86. The van der Waals surface area contributed by atoms with E-state index < -0.39 is 0 Å². The molecule has 0 radical (unpaired) electrons. The summed E-state index contributed by atoms with van der Waals surface area (Å²) in [5.41, 5.74) is 0.993. The van der Waals surface area contributed by atoms with Gasteiger partial charge in [-0.15, -0.1) is 0 Å². The van der Waals surface area contributed by atoms with Crippen LogP contribution in [0.5, 0.6) is 0 Å². The van der Waals surface area contributed by atoms with Crippen molar-refractivity contribution in [1.82, 2.24) is 5.32 Å². The van der Waals surface area contributed by atoms with Crippen LogP contribution < -0.4 is 5.32 Å². The molecule has 1 saturated carbocycles. The molecular formula is C25H43NO5. The Kier molecular flexibility index (Phi) is 7.44. The molecule has 2 heterocycles. The molecule has 3 aliphatic rings. The maximum absolute atomic E-state index is 12.7. The monoisotopic (exact) mass is 437 g/mol. The zero-order chi connectivity index (χ0) is 23.0. The lowest BCUT2D eigenvalue weighted by Gasteiger charge is -2.42. The highest BCUT2D eigenvalue weighted by molar-refractivity contribution is 5.68. The molecule has 0 aromatic heterocycles. The van der Waals surface area contributed by atoms with E-state index in [0.717, 1.165) is 25.9 Å². The molecule has 6 heteroatoms. The van der Waals surface area contributed by atoms with Crippen LogP contribution in [0, 0.1) is 17.8 Å². The van der Waals surface area contributed by atoms with Crippen LogP contribution in [0.15, 0.2) is 11.6 Å². The maximum atomic E-state index is 12.7.